The van der Waals surface area contributed by atoms with Crippen LogP contribution in [0.15, 0.2) is 18.2 Å². The molecule has 17 heavy (non-hydrogen) atoms. The second-order valence-corrected chi connectivity index (χ2v) is 5.29. The first-order valence-corrected chi connectivity index (χ1v) is 6.07. The third kappa shape index (κ3) is 2.00. The molecule has 0 aliphatic carbocycles. The highest BCUT2D eigenvalue weighted by atomic mass is 16.5. The Hall–Kier alpha value is -1.22. The van der Waals surface area contributed by atoms with Crippen molar-refractivity contribution in [2.75, 3.05) is 18.6 Å². The first-order valence-electron chi connectivity index (χ1n) is 6.07. The van der Waals surface area contributed by atoms with Gasteiger partial charge in [0, 0.05) is 6.54 Å². The van der Waals surface area contributed by atoms with Gasteiger partial charge in [-0.2, -0.15) is 0 Å². The Bertz CT molecular complexity index is 415. The minimum Gasteiger partial charge on any atom is -0.495 e. The lowest BCUT2D eigenvalue weighted by atomic mass is 9.98. The van der Waals surface area contributed by atoms with Crippen LogP contribution < -0.4 is 9.64 Å². The fraction of sp³-hybridized carbons (Fsp3) is 0.571. The number of hydrogen-bond donors (Lipinski definition) is 1. The van der Waals surface area contributed by atoms with Gasteiger partial charge in [-0.05, 0) is 44.9 Å². The van der Waals surface area contributed by atoms with E-state index in [0.717, 1.165) is 24.4 Å². The molecular weight excluding hydrogens is 214 g/mol. The SMILES string of the molecule is COc1ccc(C)cc1N1CCC(O)C1(C)C. The monoisotopic (exact) mass is 235 g/mol. The number of hydrogen-bond acceptors (Lipinski definition) is 3. The van der Waals surface area contributed by atoms with Gasteiger partial charge in [0.25, 0.3) is 0 Å². The Morgan fingerprint density at radius 1 is 1.41 bits per heavy atom. The summed E-state index contributed by atoms with van der Waals surface area (Å²) in [6, 6.07) is 6.16. The number of ether oxygens (including phenoxy) is 1. The van der Waals surface area contributed by atoms with E-state index in [4.69, 9.17) is 4.74 Å². The number of aliphatic hydroxyl groups is 1. The molecule has 3 nitrogen and oxygen atoms in total. The molecule has 1 fully saturated rings. The summed E-state index contributed by atoms with van der Waals surface area (Å²) in [6.07, 6.45) is 0.525. The number of rotatable bonds is 2. The molecule has 0 amide bonds. The summed E-state index contributed by atoms with van der Waals surface area (Å²) in [5.74, 6) is 0.873. The van der Waals surface area contributed by atoms with Crippen LogP contribution in [0.2, 0.25) is 0 Å². The largest absolute Gasteiger partial charge is 0.495 e. The molecule has 3 heteroatoms. The van der Waals surface area contributed by atoms with Crippen molar-refractivity contribution in [2.24, 2.45) is 0 Å². The van der Waals surface area contributed by atoms with Gasteiger partial charge in [0.2, 0.25) is 0 Å². The third-order valence-electron chi connectivity index (χ3n) is 3.76. The molecule has 0 saturated carbocycles. The summed E-state index contributed by atoms with van der Waals surface area (Å²) < 4.78 is 5.42. The molecule has 1 N–H and O–H groups in total. The fourth-order valence-electron chi connectivity index (χ4n) is 2.51. The summed E-state index contributed by atoms with van der Waals surface area (Å²) in [7, 11) is 1.69. The van der Waals surface area contributed by atoms with E-state index < -0.39 is 0 Å². The molecule has 1 aromatic carbocycles. The van der Waals surface area contributed by atoms with E-state index >= 15 is 0 Å². The molecule has 1 aliphatic heterocycles. The van der Waals surface area contributed by atoms with Crippen LogP contribution >= 0.6 is 0 Å². The van der Waals surface area contributed by atoms with Gasteiger partial charge in [0.15, 0.2) is 0 Å². The van der Waals surface area contributed by atoms with Crippen LogP contribution in [0.25, 0.3) is 0 Å². The zero-order chi connectivity index (χ0) is 12.6. The zero-order valence-corrected chi connectivity index (χ0v) is 11.0. The van der Waals surface area contributed by atoms with Gasteiger partial charge in [0.1, 0.15) is 5.75 Å². The maximum atomic E-state index is 10.0. The average molecular weight is 235 g/mol. The van der Waals surface area contributed by atoms with Gasteiger partial charge >= 0.3 is 0 Å². The second-order valence-electron chi connectivity index (χ2n) is 5.29. The van der Waals surface area contributed by atoms with E-state index in [1.807, 2.05) is 12.1 Å². The minimum atomic E-state index is -0.285. The number of methoxy groups -OCH3 is 1. The van der Waals surface area contributed by atoms with Crippen molar-refractivity contribution in [1.82, 2.24) is 0 Å². The minimum absolute atomic E-state index is 0.235. The molecule has 0 radical (unpaired) electrons. The van der Waals surface area contributed by atoms with Crippen molar-refractivity contribution in [3.05, 3.63) is 23.8 Å². The number of anilines is 1. The lowest BCUT2D eigenvalue weighted by molar-refractivity contribution is 0.127. The smallest absolute Gasteiger partial charge is 0.142 e. The van der Waals surface area contributed by atoms with Crippen molar-refractivity contribution >= 4 is 5.69 Å². The van der Waals surface area contributed by atoms with E-state index in [0.29, 0.717) is 0 Å². The molecule has 2 rings (SSSR count). The summed E-state index contributed by atoms with van der Waals surface area (Å²) in [5, 5.41) is 10.0. The first kappa shape index (κ1) is 12.2. The molecule has 1 aliphatic rings. The van der Waals surface area contributed by atoms with Crippen LogP contribution in [0.1, 0.15) is 25.8 Å². The maximum absolute atomic E-state index is 10.0. The second kappa shape index (κ2) is 4.22. The quantitative estimate of drug-likeness (QED) is 0.854. The van der Waals surface area contributed by atoms with Gasteiger partial charge in [-0.3, -0.25) is 0 Å². The molecule has 1 atom stereocenters. The Labute approximate surface area is 103 Å². The Morgan fingerprint density at radius 2 is 2.12 bits per heavy atom. The van der Waals surface area contributed by atoms with Crippen molar-refractivity contribution in [1.29, 1.82) is 0 Å². The topological polar surface area (TPSA) is 32.7 Å². The van der Waals surface area contributed by atoms with Gasteiger partial charge in [0.05, 0.1) is 24.4 Å². The highest BCUT2D eigenvalue weighted by Gasteiger charge is 2.41. The van der Waals surface area contributed by atoms with Gasteiger partial charge in [-0.1, -0.05) is 6.07 Å². The average Bonchev–Trinajstić information content (AvgIpc) is 2.54. The van der Waals surface area contributed by atoms with Crippen molar-refractivity contribution in [2.45, 2.75) is 38.8 Å². The molecule has 0 spiro atoms. The lowest BCUT2D eigenvalue weighted by Crippen LogP contribution is -2.45. The molecule has 94 valence electrons. The van der Waals surface area contributed by atoms with Gasteiger partial charge in [-0.25, -0.2) is 0 Å². The highest BCUT2D eigenvalue weighted by molar-refractivity contribution is 5.62. The van der Waals surface area contributed by atoms with Crippen LogP contribution in [-0.2, 0) is 0 Å². The molecule has 0 bridgehead atoms. The molecule has 1 saturated heterocycles. The standard InChI is InChI=1S/C14H21NO2/c1-10-5-6-12(17-4)11(9-10)15-8-7-13(16)14(15,2)3/h5-6,9,13,16H,7-8H2,1-4H3. The van der Waals surface area contributed by atoms with E-state index in [-0.39, 0.29) is 11.6 Å². The Kier molecular flexibility index (Phi) is 3.04. The molecule has 1 unspecified atom stereocenters. The molecular formula is C14H21NO2. The third-order valence-corrected chi connectivity index (χ3v) is 3.76. The van der Waals surface area contributed by atoms with E-state index in [9.17, 15) is 5.11 Å². The lowest BCUT2D eigenvalue weighted by Gasteiger charge is -2.36. The van der Waals surface area contributed by atoms with Gasteiger partial charge in [-0.15, -0.1) is 0 Å². The number of aliphatic hydroxyl groups excluding tert-OH is 1. The van der Waals surface area contributed by atoms with Crippen molar-refractivity contribution < 1.29 is 9.84 Å². The van der Waals surface area contributed by atoms with Crippen molar-refractivity contribution in [3.8, 4) is 5.75 Å². The molecule has 1 heterocycles. The Morgan fingerprint density at radius 3 is 2.65 bits per heavy atom. The highest BCUT2D eigenvalue weighted by Crippen LogP contribution is 2.39. The zero-order valence-electron chi connectivity index (χ0n) is 11.0. The number of aryl methyl sites for hydroxylation is 1. The normalized spacial score (nSPS) is 22.9. The van der Waals surface area contributed by atoms with Crippen LogP contribution in [0.3, 0.4) is 0 Å². The predicted octanol–water partition coefficient (Wildman–Crippen LogP) is 2.35. The maximum Gasteiger partial charge on any atom is 0.142 e. The number of nitrogens with zero attached hydrogens (tertiary/aromatic N) is 1. The molecule has 1 aromatic rings. The van der Waals surface area contributed by atoms with Crippen molar-refractivity contribution in [3.63, 3.8) is 0 Å². The summed E-state index contributed by atoms with van der Waals surface area (Å²) in [6.45, 7) is 7.09. The van der Waals surface area contributed by atoms with Crippen LogP contribution in [-0.4, -0.2) is 30.4 Å². The summed E-state index contributed by atoms with van der Waals surface area (Å²) in [5.41, 5.74) is 2.05. The van der Waals surface area contributed by atoms with Crippen LogP contribution in [0.4, 0.5) is 5.69 Å². The number of benzene rings is 1. The predicted molar refractivity (Wildman–Crippen MR) is 69.8 cm³/mol. The summed E-state index contributed by atoms with van der Waals surface area (Å²) >= 11 is 0. The van der Waals surface area contributed by atoms with E-state index in [2.05, 4.69) is 31.7 Å². The van der Waals surface area contributed by atoms with E-state index in [1.54, 1.807) is 7.11 Å². The first-order chi connectivity index (χ1) is 7.96. The Balaban J connectivity index is 2.43. The van der Waals surface area contributed by atoms with E-state index in [1.165, 1.54) is 5.56 Å². The molecule has 0 aromatic heterocycles. The summed E-state index contributed by atoms with van der Waals surface area (Å²) in [4.78, 5) is 2.24. The van der Waals surface area contributed by atoms with Gasteiger partial charge < -0.3 is 14.7 Å². The van der Waals surface area contributed by atoms with Crippen LogP contribution in [0.5, 0.6) is 5.75 Å². The fourth-order valence-corrected chi connectivity index (χ4v) is 2.51. The van der Waals surface area contributed by atoms with Crippen LogP contribution in [0, 0.1) is 6.92 Å².